The van der Waals surface area contributed by atoms with Crippen molar-refractivity contribution in [3.63, 3.8) is 0 Å². The standard InChI is InChI=1S/C19H15ClO5/c1-12-15(10-18(24-12)25-19(21)22)11-23-17-8-4-14(5-9-17)13-2-6-16(20)7-3-13/h2-10H,11H2,1H3,(H,21,22). The Morgan fingerprint density at radius 2 is 1.68 bits per heavy atom. The summed E-state index contributed by atoms with van der Waals surface area (Å²) in [4.78, 5) is 10.5. The topological polar surface area (TPSA) is 68.9 Å². The fourth-order valence-corrected chi connectivity index (χ4v) is 2.44. The van der Waals surface area contributed by atoms with Gasteiger partial charge in [0.25, 0.3) is 5.95 Å². The first-order valence-electron chi connectivity index (χ1n) is 7.50. The molecule has 1 heterocycles. The second-order valence-electron chi connectivity index (χ2n) is 5.33. The van der Waals surface area contributed by atoms with E-state index < -0.39 is 6.16 Å². The van der Waals surface area contributed by atoms with Crippen molar-refractivity contribution in [2.24, 2.45) is 0 Å². The van der Waals surface area contributed by atoms with Gasteiger partial charge in [0.15, 0.2) is 0 Å². The van der Waals surface area contributed by atoms with Crippen LogP contribution in [0.2, 0.25) is 5.02 Å². The Bertz CT molecular complexity index is 866. The van der Waals surface area contributed by atoms with Crippen molar-refractivity contribution in [2.75, 3.05) is 0 Å². The highest BCUT2D eigenvalue weighted by Gasteiger charge is 2.12. The van der Waals surface area contributed by atoms with Gasteiger partial charge < -0.3 is 19.0 Å². The third-order valence-electron chi connectivity index (χ3n) is 3.61. The van der Waals surface area contributed by atoms with Crippen LogP contribution in [0.1, 0.15) is 11.3 Å². The van der Waals surface area contributed by atoms with Gasteiger partial charge in [0, 0.05) is 16.7 Å². The molecule has 2 aromatic carbocycles. The minimum Gasteiger partial charge on any atom is -0.489 e. The van der Waals surface area contributed by atoms with Crippen molar-refractivity contribution < 1.29 is 23.8 Å². The fraction of sp³-hybridized carbons (Fsp3) is 0.105. The molecule has 1 aromatic heterocycles. The number of benzene rings is 2. The van der Waals surface area contributed by atoms with Crippen LogP contribution in [0.25, 0.3) is 11.1 Å². The second-order valence-corrected chi connectivity index (χ2v) is 5.77. The molecule has 0 amide bonds. The highest BCUT2D eigenvalue weighted by atomic mass is 35.5. The highest BCUT2D eigenvalue weighted by Crippen LogP contribution is 2.26. The van der Waals surface area contributed by atoms with Crippen LogP contribution in [0.5, 0.6) is 11.7 Å². The molecule has 0 spiro atoms. The van der Waals surface area contributed by atoms with Gasteiger partial charge in [0.05, 0.1) is 0 Å². The third-order valence-corrected chi connectivity index (χ3v) is 3.86. The predicted octanol–water partition coefficient (Wildman–Crippen LogP) is 5.54. The number of halogens is 1. The molecule has 0 bridgehead atoms. The Kier molecular flexibility index (Phi) is 4.95. The molecular formula is C19H15ClO5. The molecule has 5 nitrogen and oxygen atoms in total. The second kappa shape index (κ2) is 7.32. The monoisotopic (exact) mass is 358 g/mol. The van der Waals surface area contributed by atoms with Crippen LogP contribution >= 0.6 is 11.6 Å². The Hall–Kier alpha value is -2.92. The Morgan fingerprint density at radius 3 is 2.28 bits per heavy atom. The van der Waals surface area contributed by atoms with Crippen LogP contribution in [0.15, 0.2) is 59.0 Å². The average molecular weight is 359 g/mol. The molecule has 0 saturated heterocycles. The van der Waals surface area contributed by atoms with Gasteiger partial charge in [-0.15, -0.1) is 0 Å². The van der Waals surface area contributed by atoms with Crippen LogP contribution < -0.4 is 9.47 Å². The summed E-state index contributed by atoms with van der Waals surface area (Å²) >= 11 is 5.90. The summed E-state index contributed by atoms with van der Waals surface area (Å²) in [5.41, 5.74) is 2.84. The minimum atomic E-state index is -1.42. The molecule has 0 unspecified atom stereocenters. The Balaban J connectivity index is 1.65. The van der Waals surface area contributed by atoms with Crippen molar-refractivity contribution >= 4 is 17.8 Å². The molecule has 0 aliphatic heterocycles. The summed E-state index contributed by atoms with van der Waals surface area (Å²) in [6.45, 7) is 1.97. The number of carbonyl (C=O) groups is 1. The van der Waals surface area contributed by atoms with E-state index in [4.69, 9.17) is 25.9 Å². The van der Waals surface area contributed by atoms with Gasteiger partial charge in [-0.2, -0.15) is 0 Å². The highest BCUT2D eigenvalue weighted by molar-refractivity contribution is 6.30. The molecule has 0 fully saturated rings. The SMILES string of the molecule is Cc1oc(OC(=O)O)cc1COc1ccc(-c2ccc(Cl)cc2)cc1. The zero-order valence-electron chi connectivity index (χ0n) is 13.4. The van der Waals surface area contributed by atoms with E-state index in [1.54, 1.807) is 6.92 Å². The largest absolute Gasteiger partial charge is 0.513 e. The van der Waals surface area contributed by atoms with Gasteiger partial charge in [-0.1, -0.05) is 35.9 Å². The summed E-state index contributed by atoms with van der Waals surface area (Å²) in [5.74, 6) is 1.18. The number of hydrogen-bond donors (Lipinski definition) is 1. The van der Waals surface area contributed by atoms with Crippen LogP contribution in [-0.4, -0.2) is 11.3 Å². The van der Waals surface area contributed by atoms with E-state index in [9.17, 15) is 4.79 Å². The summed E-state index contributed by atoms with van der Waals surface area (Å²) in [5, 5.41) is 9.29. The number of rotatable bonds is 5. The molecule has 3 aromatic rings. The molecule has 3 rings (SSSR count). The van der Waals surface area contributed by atoms with E-state index >= 15 is 0 Å². The van der Waals surface area contributed by atoms with Crippen LogP contribution in [0.3, 0.4) is 0 Å². The predicted molar refractivity (Wildman–Crippen MR) is 93.3 cm³/mol. The van der Waals surface area contributed by atoms with E-state index in [-0.39, 0.29) is 12.6 Å². The normalized spacial score (nSPS) is 10.5. The Labute approximate surface area is 149 Å². The zero-order chi connectivity index (χ0) is 17.8. The maximum Gasteiger partial charge on any atom is 0.513 e. The van der Waals surface area contributed by atoms with E-state index in [1.165, 1.54) is 6.07 Å². The quantitative estimate of drug-likeness (QED) is 0.606. The zero-order valence-corrected chi connectivity index (χ0v) is 14.1. The smallest absolute Gasteiger partial charge is 0.489 e. The van der Waals surface area contributed by atoms with Crippen molar-refractivity contribution in [3.05, 3.63) is 70.9 Å². The first-order chi connectivity index (χ1) is 12.0. The minimum absolute atomic E-state index is 0.0679. The number of ether oxygens (including phenoxy) is 2. The van der Waals surface area contributed by atoms with Crippen LogP contribution in [-0.2, 0) is 6.61 Å². The van der Waals surface area contributed by atoms with Crippen LogP contribution in [0.4, 0.5) is 4.79 Å². The lowest BCUT2D eigenvalue weighted by molar-refractivity contribution is 0.132. The molecule has 25 heavy (non-hydrogen) atoms. The van der Waals surface area contributed by atoms with Gasteiger partial charge in [-0.3, -0.25) is 0 Å². The average Bonchev–Trinajstić information content (AvgIpc) is 2.93. The summed E-state index contributed by atoms with van der Waals surface area (Å²) in [7, 11) is 0. The van der Waals surface area contributed by atoms with Gasteiger partial charge in [0.1, 0.15) is 18.1 Å². The van der Waals surface area contributed by atoms with Crippen molar-refractivity contribution in [1.82, 2.24) is 0 Å². The Morgan fingerprint density at radius 1 is 1.08 bits per heavy atom. The van der Waals surface area contributed by atoms with E-state index in [0.717, 1.165) is 16.7 Å². The first kappa shape index (κ1) is 16.9. The number of furan rings is 1. The van der Waals surface area contributed by atoms with Gasteiger partial charge in [-0.05, 0) is 42.3 Å². The first-order valence-corrected chi connectivity index (χ1v) is 7.88. The molecule has 128 valence electrons. The fourth-order valence-electron chi connectivity index (χ4n) is 2.32. The molecule has 6 heteroatoms. The molecular weight excluding hydrogens is 344 g/mol. The molecule has 0 aliphatic rings. The van der Waals surface area contributed by atoms with E-state index in [1.807, 2.05) is 48.5 Å². The number of carboxylic acid groups (broad SMARTS) is 1. The lowest BCUT2D eigenvalue weighted by Crippen LogP contribution is -2.01. The van der Waals surface area contributed by atoms with E-state index in [0.29, 0.717) is 16.5 Å². The lowest BCUT2D eigenvalue weighted by atomic mass is 10.1. The maximum atomic E-state index is 10.5. The van der Waals surface area contributed by atoms with Crippen LogP contribution in [0, 0.1) is 6.92 Å². The van der Waals surface area contributed by atoms with E-state index in [2.05, 4.69) is 4.74 Å². The van der Waals surface area contributed by atoms with Crippen molar-refractivity contribution in [1.29, 1.82) is 0 Å². The lowest BCUT2D eigenvalue weighted by Gasteiger charge is -2.07. The van der Waals surface area contributed by atoms with Crippen molar-refractivity contribution in [2.45, 2.75) is 13.5 Å². The maximum absolute atomic E-state index is 10.5. The third kappa shape index (κ3) is 4.33. The summed E-state index contributed by atoms with van der Waals surface area (Å²) < 4.78 is 15.4. The van der Waals surface area contributed by atoms with Gasteiger partial charge in [0.2, 0.25) is 0 Å². The van der Waals surface area contributed by atoms with Gasteiger partial charge in [-0.25, -0.2) is 4.79 Å². The number of aryl methyl sites for hydroxylation is 1. The molecule has 0 aliphatic carbocycles. The molecule has 0 radical (unpaired) electrons. The molecule has 0 saturated carbocycles. The number of hydrogen-bond acceptors (Lipinski definition) is 4. The van der Waals surface area contributed by atoms with Crippen molar-refractivity contribution in [3.8, 4) is 22.8 Å². The molecule has 1 N–H and O–H groups in total. The summed E-state index contributed by atoms with van der Waals surface area (Å²) in [6.07, 6.45) is -1.42. The molecule has 0 atom stereocenters. The summed E-state index contributed by atoms with van der Waals surface area (Å²) in [6, 6.07) is 16.8. The van der Waals surface area contributed by atoms with Gasteiger partial charge >= 0.3 is 6.16 Å².